The number of amides is 1. The van der Waals surface area contributed by atoms with Gasteiger partial charge in [0.25, 0.3) is 0 Å². The van der Waals surface area contributed by atoms with Crippen LogP contribution in [0.25, 0.3) is 0 Å². The van der Waals surface area contributed by atoms with Gasteiger partial charge >= 0.3 is 5.97 Å². The highest BCUT2D eigenvalue weighted by molar-refractivity contribution is 14.1. The zero-order chi connectivity index (χ0) is 21.9. The standard InChI is InChI=1S/C18H16I4N2O5/c19-12-9(13(20)15(22)16(26)14(12)21)6-10(23)17(27)24-11(18(28)29)5-7-1-3-8(25)4-2-7/h1-4,10-11,25-26H,5-6,23H2,(H,24,27)(H,28,29)/t10-,11-/m0/s1. The van der Waals surface area contributed by atoms with E-state index in [1.807, 2.05) is 45.2 Å². The second kappa shape index (κ2) is 10.9. The molecule has 0 fully saturated rings. The van der Waals surface area contributed by atoms with Crippen LogP contribution >= 0.6 is 90.4 Å². The van der Waals surface area contributed by atoms with Gasteiger partial charge in [0, 0.05) is 13.6 Å². The van der Waals surface area contributed by atoms with E-state index in [-0.39, 0.29) is 24.3 Å². The molecule has 2 rings (SSSR count). The Morgan fingerprint density at radius 2 is 1.45 bits per heavy atom. The lowest BCUT2D eigenvalue weighted by Gasteiger charge is -2.20. The number of rotatable bonds is 7. The molecule has 156 valence electrons. The van der Waals surface area contributed by atoms with Crippen LogP contribution in [0.5, 0.6) is 11.5 Å². The van der Waals surface area contributed by atoms with Crippen LogP contribution in [-0.4, -0.2) is 39.3 Å². The summed E-state index contributed by atoms with van der Waals surface area (Å²) in [4.78, 5) is 24.2. The maximum atomic E-state index is 12.6. The molecule has 7 nitrogen and oxygen atoms in total. The predicted molar refractivity (Wildman–Crippen MR) is 142 cm³/mol. The summed E-state index contributed by atoms with van der Waals surface area (Å²) in [5.74, 6) is -1.46. The highest BCUT2D eigenvalue weighted by Crippen LogP contribution is 2.37. The number of hydrogen-bond acceptors (Lipinski definition) is 5. The number of carboxylic acid groups (broad SMARTS) is 1. The predicted octanol–water partition coefficient (Wildman–Crippen LogP) is 3.20. The molecule has 29 heavy (non-hydrogen) atoms. The molecule has 1 amide bonds. The molecule has 0 saturated heterocycles. The topological polar surface area (TPSA) is 133 Å². The van der Waals surface area contributed by atoms with Gasteiger partial charge in [0.1, 0.15) is 17.5 Å². The van der Waals surface area contributed by atoms with Crippen molar-refractivity contribution in [1.82, 2.24) is 5.32 Å². The van der Waals surface area contributed by atoms with Crippen molar-refractivity contribution in [2.75, 3.05) is 0 Å². The van der Waals surface area contributed by atoms with Gasteiger partial charge in [-0.15, -0.1) is 0 Å². The second-order valence-electron chi connectivity index (χ2n) is 6.16. The minimum absolute atomic E-state index is 0.0676. The third kappa shape index (κ3) is 6.42. The van der Waals surface area contributed by atoms with E-state index in [9.17, 15) is 24.9 Å². The van der Waals surface area contributed by atoms with E-state index in [1.165, 1.54) is 12.1 Å². The third-order valence-corrected chi connectivity index (χ3v) is 10.6. The minimum atomic E-state index is -1.17. The van der Waals surface area contributed by atoms with Crippen molar-refractivity contribution in [1.29, 1.82) is 0 Å². The average molecular weight is 848 g/mol. The zero-order valence-electron chi connectivity index (χ0n) is 14.6. The van der Waals surface area contributed by atoms with Crippen molar-refractivity contribution in [3.05, 3.63) is 49.7 Å². The van der Waals surface area contributed by atoms with Gasteiger partial charge < -0.3 is 26.4 Å². The van der Waals surface area contributed by atoms with Gasteiger partial charge in [0.15, 0.2) is 0 Å². The van der Waals surface area contributed by atoms with Gasteiger partial charge in [0.2, 0.25) is 5.91 Å². The quantitative estimate of drug-likeness (QED) is 0.215. The van der Waals surface area contributed by atoms with Crippen molar-refractivity contribution in [3.63, 3.8) is 0 Å². The van der Waals surface area contributed by atoms with Crippen molar-refractivity contribution in [3.8, 4) is 11.5 Å². The Morgan fingerprint density at radius 3 is 1.93 bits per heavy atom. The van der Waals surface area contributed by atoms with Gasteiger partial charge in [-0.2, -0.15) is 0 Å². The fraction of sp³-hybridized carbons (Fsp3) is 0.222. The first kappa shape index (κ1) is 25.1. The molecular weight excluding hydrogens is 832 g/mol. The lowest BCUT2D eigenvalue weighted by Crippen LogP contribution is -2.50. The highest BCUT2D eigenvalue weighted by atomic mass is 127. The first-order valence-corrected chi connectivity index (χ1v) is 12.4. The molecule has 0 aliphatic rings. The molecule has 11 heteroatoms. The number of aliphatic carboxylic acids is 1. The number of halogens is 4. The van der Waals surface area contributed by atoms with E-state index >= 15 is 0 Å². The average Bonchev–Trinajstić information content (AvgIpc) is 2.68. The number of phenolic OH excluding ortho intramolecular Hbond substituents is 2. The van der Waals surface area contributed by atoms with Crippen molar-refractivity contribution in [2.24, 2.45) is 5.73 Å². The molecule has 0 aliphatic carbocycles. The van der Waals surface area contributed by atoms with E-state index in [0.717, 1.165) is 12.7 Å². The SMILES string of the molecule is N[C@@H](Cc1c(I)c(I)c(O)c(I)c1I)C(=O)N[C@@H](Cc1ccc(O)cc1)C(=O)O. The summed E-state index contributed by atoms with van der Waals surface area (Å²) < 4.78 is 3.00. The molecule has 0 aliphatic heterocycles. The minimum Gasteiger partial charge on any atom is -0.508 e. The Kier molecular flexibility index (Phi) is 9.48. The molecule has 0 bridgehead atoms. The summed E-state index contributed by atoms with van der Waals surface area (Å²) in [5.41, 5.74) is 7.58. The zero-order valence-corrected chi connectivity index (χ0v) is 23.3. The fourth-order valence-corrected chi connectivity index (χ4v) is 6.22. The summed E-state index contributed by atoms with van der Waals surface area (Å²) in [6.07, 6.45) is 0.276. The van der Waals surface area contributed by atoms with Crippen LogP contribution in [-0.2, 0) is 22.4 Å². The number of carbonyl (C=O) groups is 2. The fourth-order valence-electron chi connectivity index (χ4n) is 2.50. The molecule has 2 aromatic rings. The van der Waals surface area contributed by atoms with Crippen LogP contribution in [0.2, 0.25) is 0 Å². The lowest BCUT2D eigenvalue weighted by atomic mass is 10.0. The van der Waals surface area contributed by atoms with Crippen molar-refractivity contribution in [2.45, 2.75) is 24.9 Å². The number of aromatic hydroxyl groups is 2. The Labute approximate surface area is 221 Å². The van der Waals surface area contributed by atoms with E-state index in [4.69, 9.17) is 5.73 Å². The van der Waals surface area contributed by atoms with Gasteiger partial charge in [-0.1, -0.05) is 12.1 Å². The van der Waals surface area contributed by atoms with E-state index < -0.39 is 24.0 Å². The maximum absolute atomic E-state index is 12.6. The number of nitrogens with two attached hydrogens (primary N) is 1. The number of benzene rings is 2. The molecule has 0 aromatic heterocycles. The molecule has 2 atom stereocenters. The van der Waals surface area contributed by atoms with E-state index in [2.05, 4.69) is 50.5 Å². The molecule has 2 aromatic carbocycles. The maximum Gasteiger partial charge on any atom is 0.326 e. The number of carbonyl (C=O) groups excluding carboxylic acids is 1. The van der Waals surface area contributed by atoms with Gasteiger partial charge in [0.05, 0.1) is 13.2 Å². The summed E-state index contributed by atoms with van der Waals surface area (Å²) in [6, 6.07) is 4.02. The Hall–Kier alpha value is -0.140. The van der Waals surface area contributed by atoms with Crippen molar-refractivity contribution < 1.29 is 24.9 Å². The molecule has 0 radical (unpaired) electrons. The number of hydrogen-bond donors (Lipinski definition) is 5. The van der Waals surface area contributed by atoms with E-state index in [1.54, 1.807) is 12.1 Å². The Morgan fingerprint density at radius 1 is 0.931 bits per heavy atom. The summed E-state index contributed by atoms with van der Waals surface area (Å²) >= 11 is 8.30. The van der Waals surface area contributed by atoms with Gasteiger partial charge in [-0.3, -0.25) is 4.79 Å². The molecule has 0 unspecified atom stereocenters. The van der Waals surface area contributed by atoms with Gasteiger partial charge in [-0.25, -0.2) is 4.79 Å². The Bertz CT molecular complexity index is 908. The largest absolute Gasteiger partial charge is 0.508 e. The number of carboxylic acids is 1. The highest BCUT2D eigenvalue weighted by Gasteiger charge is 2.26. The van der Waals surface area contributed by atoms with Crippen molar-refractivity contribution >= 4 is 102 Å². The van der Waals surface area contributed by atoms with Crippen LogP contribution in [0.15, 0.2) is 24.3 Å². The van der Waals surface area contributed by atoms with E-state index in [0.29, 0.717) is 12.7 Å². The Balaban J connectivity index is 2.15. The normalized spacial score (nSPS) is 13.0. The molecular formula is C18H16I4N2O5. The van der Waals surface area contributed by atoms with Crippen LogP contribution in [0.1, 0.15) is 11.1 Å². The van der Waals surface area contributed by atoms with Crippen LogP contribution in [0, 0.1) is 14.3 Å². The number of nitrogens with one attached hydrogen (secondary N) is 1. The first-order chi connectivity index (χ1) is 13.5. The lowest BCUT2D eigenvalue weighted by molar-refractivity contribution is -0.141. The molecule has 0 heterocycles. The summed E-state index contributed by atoms with van der Waals surface area (Å²) in [7, 11) is 0. The third-order valence-electron chi connectivity index (χ3n) is 4.08. The summed E-state index contributed by atoms with van der Waals surface area (Å²) in [5, 5.41) is 31.5. The number of phenols is 2. The van der Waals surface area contributed by atoms with Gasteiger partial charge in [-0.05, 0) is 120 Å². The second-order valence-corrected chi connectivity index (χ2v) is 10.5. The smallest absolute Gasteiger partial charge is 0.326 e. The molecule has 0 spiro atoms. The molecule has 0 saturated carbocycles. The first-order valence-electron chi connectivity index (χ1n) is 8.13. The summed E-state index contributed by atoms with van der Waals surface area (Å²) in [6.45, 7) is 0. The monoisotopic (exact) mass is 848 g/mol. The van der Waals surface area contributed by atoms with Crippen LogP contribution < -0.4 is 11.1 Å². The van der Waals surface area contributed by atoms with Crippen LogP contribution in [0.3, 0.4) is 0 Å². The molecule has 6 N–H and O–H groups in total. The van der Waals surface area contributed by atoms with Crippen LogP contribution in [0.4, 0.5) is 0 Å².